The normalized spacial score (nSPS) is 15.4. The molecule has 3 rings (SSSR count). The second-order valence-electron chi connectivity index (χ2n) is 7.40. The number of carbonyl (C=O) groups excluding carboxylic acids is 2. The molecule has 1 amide bonds. The Bertz CT molecular complexity index is 1160. The number of carbonyl (C=O) groups is 2. The van der Waals surface area contributed by atoms with Crippen LogP contribution in [0.5, 0.6) is 0 Å². The van der Waals surface area contributed by atoms with E-state index in [9.17, 15) is 19.5 Å². The molecule has 170 valence electrons. The van der Waals surface area contributed by atoms with E-state index in [4.69, 9.17) is 17.0 Å². The van der Waals surface area contributed by atoms with Gasteiger partial charge in [-0.3, -0.25) is 18.9 Å². The summed E-state index contributed by atoms with van der Waals surface area (Å²) in [7, 11) is 0. The maximum Gasteiger partial charge on any atom is 0.267 e. The van der Waals surface area contributed by atoms with Gasteiger partial charge in [-0.2, -0.15) is 0 Å². The maximum absolute atomic E-state index is 13.3. The van der Waals surface area contributed by atoms with Crippen molar-refractivity contribution in [3.63, 3.8) is 0 Å². The van der Waals surface area contributed by atoms with Crippen LogP contribution in [0, 0.1) is 6.92 Å². The van der Waals surface area contributed by atoms with Gasteiger partial charge in [0.25, 0.3) is 11.5 Å². The minimum Gasteiger partial charge on any atom is -0.548 e. The lowest BCUT2D eigenvalue weighted by Crippen LogP contribution is -2.40. The number of pyridine rings is 1. The van der Waals surface area contributed by atoms with E-state index < -0.39 is 18.4 Å². The molecule has 9 nitrogen and oxygen atoms in total. The summed E-state index contributed by atoms with van der Waals surface area (Å²) in [6, 6.07) is 3.59. The highest BCUT2D eigenvalue weighted by molar-refractivity contribution is 8.26. The van der Waals surface area contributed by atoms with Crippen LogP contribution in [0.2, 0.25) is 0 Å². The molecule has 0 unspecified atom stereocenters. The number of anilines is 1. The lowest BCUT2D eigenvalue weighted by atomic mass is 10.2. The van der Waals surface area contributed by atoms with Crippen molar-refractivity contribution in [1.29, 1.82) is 0 Å². The molecule has 2 aromatic rings. The van der Waals surface area contributed by atoms with Gasteiger partial charge in [0.2, 0.25) is 0 Å². The summed E-state index contributed by atoms with van der Waals surface area (Å²) in [5.41, 5.74) is 1.15. The van der Waals surface area contributed by atoms with Crippen LogP contribution in [-0.4, -0.2) is 56.3 Å². The van der Waals surface area contributed by atoms with E-state index in [1.807, 2.05) is 26.8 Å². The van der Waals surface area contributed by atoms with Crippen LogP contribution in [0.15, 0.2) is 28.0 Å². The Morgan fingerprint density at radius 1 is 1.41 bits per heavy atom. The van der Waals surface area contributed by atoms with Gasteiger partial charge in [-0.15, -0.1) is 0 Å². The summed E-state index contributed by atoms with van der Waals surface area (Å²) in [6.45, 7) is 6.18. The number of carboxylic acid groups (broad SMARTS) is 1. The molecule has 32 heavy (non-hydrogen) atoms. The smallest absolute Gasteiger partial charge is 0.267 e. The number of thioether (sulfide) groups is 1. The highest BCUT2D eigenvalue weighted by Crippen LogP contribution is 2.32. The summed E-state index contributed by atoms with van der Waals surface area (Å²) in [5.74, 6) is -1.68. The number of aromatic nitrogens is 2. The first-order valence-corrected chi connectivity index (χ1v) is 11.2. The number of carboxylic acids is 1. The number of fused-ring (bicyclic) bond motifs is 1. The topological polar surface area (TPSA) is 116 Å². The lowest BCUT2D eigenvalue weighted by molar-refractivity contribution is -0.305. The fraction of sp³-hybridized carbons (Fsp3) is 0.381. The van der Waals surface area contributed by atoms with Gasteiger partial charge >= 0.3 is 0 Å². The maximum atomic E-state index is 13.3. The Kier molecular flexibility index (Phi) is 7.64. The largest absolute Gasteiger partial charge is 0.548 e. The number of aryl methyl sites for hydroxylation is 1. The van der Waals surface area contributed by atoms with E-state index in [0.29, 0.717) is 31.0 Å². The molecule has 0 aliphatic carbocycles. The number of aliphatic carboxylic acids is 1. The third-order valence-electron chi connectivity index (χ3n) is 4.59. The van der Waals surface area contributed by atoms with Crippen molar-refractivity contribution in [3.05, 3.63) is 44.7 Å². The van der Waals surface area contributed by atoms with Gasteiger partial charge in [-0.1, -0.05) is 30.0 Å². The van der Waals surface area contributed by atoms with E-state index >= 15 is 0 Å². The molecule has 1 aliphatic heterocycles. The minimum absolute atomic E-state index is 0.0930. The monoisotopic (exact) mass is 475 g/mol. The van der Waals surface area contributed by atoms with Crippen molar-refractivity contribution in [2.45, 2.75) is 33.3 Å². The minimum atomic E-state index is -1.42. The average Bonchev–Trinajstić information content (AvgIpc) is 2.98. The Labute approximate surface area is 194 Å². The third-order valence-corrected chi connectivity index (χ3v) is 5.96. The fourth-order valence-corrected chi connectivity index (χ4v) is 4.31. The molecule has 1 aliphatic rings. The van der Waals surface area contributed by atoms with Crippen molar-refractivity contribution < 1.29 is 19.4 Å². The molecule has 0 bridgehead atoms. The highest BCUT2D eigenvalue weighted by Gasteiger charge is 2.32. The second-order valence-corrected chi connectivity index (χ2v) is 9.08. The standard InChI is InChI=1S/C21H24N4O5S2/c1-12(2)30-9-5-7-22-17-14(19(28)24-8-4-6-13(3)18(24)23-17)10-15-20(29)25(11-16(26)27)21(31)32-15/h4,6,8,10,12,22H,5,7,9,11H2,1-3H3,(H,26,27)/p-1/b15-10+. The van der Waals surface area contributed by atoms with E-state index in [1.165, 1.54) is 10.5 Å². The molecule has 0 radical (unpaired) electrons. The van der Waals surface area contributed by atoms with Gasteiger partial charge in [0.1, 0.15) is 15.8 Å². The average molecular weight is 476 g/mol. The van der Waals surface area contributed by atoms with Gasteiger partial charge in [0.05, 0.1) is 29.1 Å². The zero-order valence-electron chi connectivity index (χ0n) is 17.9. The van der Waals surface area contributed by atoms with E-state index in [-0.39, 0.29) is 26.5 Å². The van der Waals surface area contributed by atoms with Crippen LogP contribution in [0.3, 0.4) is 0 Å². The fourth-order valence-electron chi connectivity index (χ4n) is 3.07. The van der Waals surface area contributed by atoms with Crippen LogP contribution in [0.4, 0.5) is 5.82 Å². The predicted molar refractivity (Wildman–Crippen MR) is 125 cm³/mol. The molecule has 0 saturated carbocycles. The number of amides is 1. The van der Waals surface area contributed by atoms with Crippen molar-refractivity contribution in [2.75, 3.05) is 25.0 Å². The summed E-state index contributed by atoms with van der Waals surface area (Å²) in [4.78, 5) is 42.5. The van der Waals surface area contributed by atoms with E-state index in [1.54, 1.807) is 12.3 Å². The molecule has 0 aromatic carbocycles. The zero-order chi connectivity index (χ0) is 23.4. The van der Waals surface area contributed by atoms with Crippen LogP contribution in [0.25, 0.3) is 11.7 Å². The molecular weight excluding hydrogens is 452 g/mol. The Hall–Kier alpha value is -2.76. The Morgan fingerprint density at radius 3 is 2.84 bits per heavy atom. The molecule has 0 spiro atoms. The first kappa shape index (κ1) is 23.9. The summed E-state index contributed by atoms with van der Waals surface area (Å²) < 4.78 is 7.05. The zero-order valence-corrected chi connectivity index (χ0v) is 19.5. The number of nitrogens with zero attached hydrogens (tertiary/aromatic N) is 3. The van der Waals surface area contributed by atoms with Gasteiger partial charge in [0, 0.05) is 19.3 Å². The van der Waals surface area contributed by atoms with E-state index in [2.05, 4.69) is 10.3 Å². The van der Waals surface area contributed by atoms with Crippen LogP contribution in [-0.2, 0) is 14.3 Å². The first-order valence-electron chi connectivity index (χ1n) is 10.0. The third kappa shape index (κ3) is 5.34. The second kappa shape index (κ2) is 10.2. The van der Waals surface area contributed by atoms with Crippen LogP contribution < -0.4 is 16.0 Å². The molecule has 3 heterocycles. The molecule has 11 heteroatoms. The lowest BCUT2D eigenvalue weighted by Gasteiger charge is -2.14. The van der Waals surface area contributed by atoms with Crippen molar-refractivity contribution in [1.82, 2.24) is 14.3 Å². The van der Waals surface area contributed by atoms with E-state index in [0.717, 1.165) is 22.2 Å². The summed E-state index contributed by atoms with van der Waals surface area (Å²) in [6.07, 6.45) is 3.84. The van der Waals surface area contributed by atoms with Gasteiger partial charge in [-0.25, -0.2) is 4.98 Å². The van der Waals surface area contributed by atoms with Crippen LogP contribution >= 0.6 is 24.0 Å². The van der Waals surface area contributed by atoms with Crippen LogP contribution in [0.1, 0.15) is 31.4 Å². The van der Waals surface area contributed by atoms with Gasteiger partial charge in [-0.05, 0) is 44.9 Å². The predicted octanol–water partition coefficient (Wildman–Crippen LogP) is 1.18. The Morgan fingerprint density at radius 2 is 2.16 bits per heavy atom. The molecule has 1 saturated heterocycles. The molecular formula is C21H23N4O5S2-. The molecule has 1 N–H and O–H groups in total. The van der Waals surface area contributed by atoms with Crippen molar-refractivity contribution in [3.8, 4) is 0 Å². The number of rotatable bonds is 9. The SMILES string of the molecule is Cc1cccn2c(=O)c(/C=C3/SC(=S)N(CC(=O)[O-])C3=O)c(NCCCOC(C)C)nc12. The molecule has 1 fully saturated rings. The summed E-state index contributed by atoms with van der Waals surface area (Å²) in [5, 5.41) is 14.1. The van der Waals surface area contributed by atoms with Crippen molar-refractivity contribution in [2.24, 2.45) is 0 Å². The van der Waals surface area contributed by atoms with Gasteiger partial charge in [0.15, 0.2) is 0 Å². The number of nitrogens with one attached hydrogen (secondary N) is 1. The number of ether oxygens (including phenoxy) is 1. The number of thiocarbonyl (C=S) groups is 1. The van der Waals surface area contributed by atoms with Gasteiger partial charge < -0.3 is 20.0 Å². The summed E-state index contributed by atoms with van der Waals surface area (Å²) >= 11 is 6.05. The first-order chi connectivity index (χ1) is 15.2. The number of hydrogen-bond acceptors (Lipinski definition) is 9. The molecule has 2 aromatic heterocycles. The quantitative estimate of drug-likeness (QED) is 0.324. The molecule has 0 atom stereocenters. The number of hydrogen-bond donors (Lipinski definition) is 1. The van der Waals surface area contributed by atoms with Crippen molar-refractivity contribution >= 4 is 57.7 Å². The highest BCUT2D eigenvalue weighted by atomic mass is 32.2. The Balaban J connectivity index is 1.99.